The van der Waals surface area contributed by atoms with Crippen molar-refractivity contribution in [3.63, 3.8) is 0 Å². The van der Waals surface area contributed by atoms with Crippen LogP contribution >= 0.6 is 23.2 Å². The Morgan fingerprint density at radius 1 is 1.11 bits per heavy atom. The first-order valence-corrected chi connectivity index (χ1v) is 9.53. The Morgan fingerprint density at radius 3 is 2.32 bits per heavy atom. The maximum Gasteiger partial charge on any atom is 0.258 e. The van der Waals surface area contributed by atoms with Gasteiger partial charge < -0.3 is 15.3 Å². The van der Waals surface area contributed by atoms with Crippen LogP contribution in [0, 0.1) is 0 Å². The van der Waals surface area contributed by atoms with E-state index < -0.39 is 5.54 Å². The number of amides is 2. The van der Waals surface area contributed by atoms with Gasteiger partial charge in [-0.05, 0) is 37.6 Å². The number of hydrogen-bond acceptors (Lipinski definition) is 3. The summed E-state index contributed by atoms with van der Waals surface area (Å²) in [4.78, 5) is 27.6. The van der Waals surface area contributed by atoms with Crippen molar-refractivity contribution < 1.29 is 14.7 Å². The molecule has 1 heterocycles. The highest BCUT2D eigenvalue weighted by Gasteiger charge is 2.42. The van der Waals surface area contributed by atoms with E-state index in [-0.39, 0.29) is 36.1 Å². The Balaban J connectivity index is 1.87. The van der Waals surface area contributed by atoms with Crippen molar-refractivity contribution in [2.24, 2.45) is 0 Å². The number of carbonyl (C=O) groups is 2. The molecular formula is C21H20Cl2N2O3. The third-order valence-electron chi connectivity index (χ3n) is 4.73. The minimum atomic E-state index is -1.16. The van der Waals surface area contributed by atoms with Gasteiger partial charge in [0.25, 0.3) is 5.91 Å². The number of aliphatic hydroxyl groups excluding tert-OH is 1. The highest BCUT2D eigenvalue weighted by molar-refractivity contribution is 6.35. The zero-order chi connectivity index (χ0) is 20.5. The molecule has 2 amide bonds. The molecule has 1 aliphatic rings. The lowest BCUT2D eigenvalue weighted by molar-refractivity contribution is -0.140. The van der Waals surface area contributed by atoms with Gasteiger partial charge in [-0.1, -0.05) is 53.5 Å². The molecule has 0 aromatic heterocycles. The Bertz CT molecular complexity index is 935. The van der Waals surface area contributed by atoms with Crippen LogP contribution in [0.2, 0.25) is 10.0 Å². The lowest BCUT2D eigenvalue weighted by atomic mass is 9.92. The summed E-state index contributed by atoms with van der Waals surface area (Å²) in [6.45, 7) is 3.56. The van der Waals surface area contributed by atoms with Gasteiger partial charge in [0.05, 0.1) is 5.57 Å². The smallest absolute Gasteiger partial charge is 0.258 e. The van der Waals surface area contributed by atoms with E-state index in [1.807, 2.05) is 6.07 Å². The van der Waals surface area contributed by atoms with E-state index >= 15 is 0 Å². The first kappa shape index (κ1) is 20.2. The number of nitrogens with zero attached hydrogens (tertiary/aromatic N) is 1. The average molecular weight is 419 g/mol. The summed E-state index contributed by atoms with van der Waals surface area (Å²) in [7, 11) is 0. The van der Waals surface area contributed by atoms with Crippen molar-refractivity contribution in [2.45, 2.75) is 25.8 Å². The van der Waals surface area contributed by atoms with Gasteiger partial charge in [-0.2, -0.15) is 0 Å². The second-order valence-electron chi connectivity index (χ2n) is 7.07. The molecule has 0 fully saturated rings. The number of anilines is 1. The highest BCUT2D eigenvalue weighted by Crippen LogP contribution is 2.32. The average Bonchev–Trinajstić information content (AvgIpc) is 2.61. The number of hydrogen-bond donors (Lipinski definition) is 2. The molecule has 146 valence electrons. The molecule has 0 saturated carbocycles. The first-order chi connectivity index (χ1) is 13.2. The van der Waals surface area contributed by atoms with Crippen LogP contribution in [0.3, 0.4) is 0 Å². The van der Waals surface area contributed by atoms with E-state index in [2.05, 4.69) is 5.32 Å². The van der Waals surface area contributed by atoms with Gasteiger partial charge in [0.1, 0.15) is 11.3 Å². The maximum absolute atomic E-state index is 13.1. The van der Waals surface area contributed by atoms with E-state index in [4.69, 9.17) is 23.2 Å². The second kappa shape index (κ2) is 7.86. The van der Waals surface area contributed by atoms with Crippen LogP contribution in [0.15, 0.2) is 54.3 Å². The number of halogens is 2. The quantitative estimate of drug-likeness (QED) is 0.740. The van der Waals surface area contributed by atoms with E-state index in [1.54, 1.807) is 56.3 Å². The van der Waals surface area contributed by atoms with Crippen LogP contribution < -0.4 is 5.32 Å². The van der Waals surface area contributed by atoms with E-state index in [0.29, 0.717) is 21.3 Å². The summed E-state index contributed by atoms with van der Waals surface area (Å²) < 4.78 is 0. The van der Waals surface area contributed by atoms with Crippen LogP contribution in [0.25, 0.3) is 5.57 Å². The van der Waals surface area contributed by atoms with Gasteiger partial charge in [0.15, 0.2) is 0 Å². The van der Waals surface area contributed by atoms with Crippen molar-refractivity contribution in [2.75, 3.05) is 11.9 Å². The Kier molecular flexibility index (Phi) is 5.68. The molecule has 2 N–H and O–H groups in total. The molecule has 3 rings (SSSR count). The summed E-state index contributed by atoms with van der Waals surface area (Å²) in [5, 5.41) is 13.9. The van der Waals surface area contributed by atoms with Gasteiger partial charge in [-0.3, -0.25) is 9.59 Å². The fraction of sp³-hybridized carbons (Fsp3) is 0.238. The number of aliphatic hydroxyl groups is 1. The molecule has 28 heavy (non-hydrogen) atoms. The van der Waals surface area contributed by atoms with Crippen molar-refractivity contribution in [3.8, 4) is 0 Å². The maximum atomic E-state index is 13.1. The molecule has 0 spiro atoms. The number of carbonyl (C=O) groups excluding carboxylic acids is 2. The van der Waals surface area contributed by atoms with Gasteiger partial charge in [-0.15, -0.1) is 0 Å². The zero-order valence-electron chi connectivity index (χ0n) is 15.5. The van der Waals surface area contributed by atoms with Crippen LogP contribution in [-0.2, 0) is 9.59 Å². The standard InChI is InChI=1S/C21H20Cl2N2O3/c1-21(2,20(28)24-16-11-14(22)10-15(23)12-16)25-9-8-17(26)18(19(25)27)13-6-4-3-5-7-13/h3-7,10-12,26H,8-9H2,1-2H3,(H,24,28). The molecular weight excluding hydrogens is 399 g/mol. The lowest BCUT2D eigenvalue weighted by Gasteiger charge is -2.40. The molecule has 0 atom stereocenters. The van der Waals surface area contributed by atoms with E-state index in [1.165, 1.54) is 4.90 Å². The zero-order valence-corrected chi connectivity index (χ0v) is 17.0. The van der Waals surface area contributed by atoms with Crippen molar-refractivity contribution >= 4 is 46.3 Å². The van der Waals surface area contributed by atoms with Crippen LogP contribution in [0.4, 0.5) is 5.69 Å². The molecule has 0 aliphatic carbocycles. The fourth-order valence-electron chi connectivity index (χ4n) is 3.16. The minimum Gasteiger partial charge on any atom is -0.511 e. The van der Waals surface area contributed by atoms with Crippen LogP contribution in [-0.4, -0.2) is 33.9 Å². The van der Waals surface area contributed by atoms with Gasteiger partial charge >= 0.3 is 0 Å². The minimum absolute atomic E-state index is 0.0327. The Labute approximate surface area is 173 Å². The summed E-state index contributed by atoms with van der Waals surface area (Å²) in [5.41, 5.74) is 0.125. The third kappa shape index (κ3) is 4.01. The summed E-state index contributed by atoms with van der Waals surface area (Å²) in [6, 6.07) is 13.7. The number of nitrogens with one attached hydrogen (secondary N) is 1. The predicted molar refractivity (Wildman–Crippen MR) is 111 cm³/mol. The van der Waals surface area contributed by atoms with Gasteiger partial charge in [-0.25, -0.2) is 0 Å². The largest absolute Gasteiger partial charge is 0.511 e. The third-order valence-corrected chi connectivity index (χ3v) is 5.17. The predicted octanol–water partition coefficient (Wildman–Crippen LogP) is 4.91. The summed E-state index contributed by atoms with van der Waals surface area (Å²) >= 11 is 12.0. The van der Waals surface area contributed by atoms with E-state index in [9.17, 15) is 14.7 Å². The van der Waals surface area contributed by atoms with Gasteiger partial charge in [0.2, 0.25) is 5.91 Å². The van der Waals surface area contributed by atoms with Crippen molar-refractivity contribution in [1.82, 2.24) is 4.90 Å². The molecule has 1 aliphatic heterocycles. The monoisotopic (exact) mass is 418 g/mol. The van der Waals surface area contributed by atoms with Gasteiger partial charge in [0, 0.05) is 28.7 Å². The molecule has 2 aromatic carbocycles. The lowest BCUT2D eigenvalue weighted by Crippen LogP contribution is -2.57. The number of benzene rings is 2. The van der Waals surface area contributed by atoms with Crippen LogP contribution in [0.1, 0.15) is 25.8 Å². The summed E-state index contributed by atoms with van der Waals surface area (Å²) in [6.07, 6.45) is 0.273. The van der Waals surface area contributed by atoms with Crippen LogP contribution in [0.5, 0.6) is 0 Å². The first-order valence-electron chi connectivity index (χ1n) is 8.77. The number of rotatable bonds is 4. The SMILES string of the molecule is CC(C)(C(=O)Nc1cc(Cl)cc(Cl)c1)N1CCC(O)=C(c2ccccc2)C1=O. The molecule has 0 saturated heterocycles. The normalized spacial score (nSPS) is 15.0. The molecule has 7 heteroatoms. The van der Waals surface area contributed by atoms with Crippen molar-refractivity contribution in [1.29, 1.82) is 0 Å². The molecule has 0 radical (unpaired) electrons. The second-order valence-corrected chi connectivity index (χ2v) is 7.94. The molecule has 0 unspecified atom stereocenters. The van der Waals surface area contributed by atoms with Crippen molar-refractivity contribution in [3.05, 3.63) is 69.9 Å². The fourth-order valence-corrected chi connectivity index (χ4v) is 3.69. The molecule has 0 bridgehead atoms. The topological polar surface area (TPSA) is 69.6 Å². The van der Waals surface area contributed by atoms with E-state index in [0.717, 1.165) is 0 Å². The molecule has 2 aromatic rings. The molecule has 5 nitrogen and oxygen atoms in total. The Morgan fingerprint density at radius 2 is 1.71 bits per heavy atom. The Hall–Kier alpha value is -2.50. The highest BCUT2D eigenvalue weighted by atomic mass is 35.5. The summed E-state index contributed by atoms with van der Waals surface area (Å²) in [5.74, 6) is -0.738.